The predicted molar refractivity (Wildman–Crippen MR) is 102 cm³/mol. The Hall–Kier alpha value is -2.92. The molecule has 2 heterocycles. The van der Waals surface area contributed by atoms with Crippen LogP contribution in [0.2, 0.25) is 5.02 Å². The number of hydrogen-bond acceptors (Lipinski definition) is 4. The van der Waals surface area contributed by atoms with Crippen molar-refractivity contribution >= 4 is 17.5 Å². The van der Waals surface area contributed by atoms with E-state index in [1.165, 1.54) is 0 Å². The third-order valence-corrected chi connectivity index (χ3v) is 4.59. The van der Waals surface area contributed by atoms with Gasteiger partial charge in [0.1, 0.15) is 12.4 Å². The number of hydrogen-bond donors (Lipinski definition) is 0. The molecule has 0 bridgehead atoms. The van der Waals surface area contributed by atoms with Gasteiger partial charge < -0.3 is 18.8 Å². The molecule has 0 saturated heterocycles. The van der Waals surface area contributed by atoms with Crippen LogP contribution in [-0.4, -0.2) is 37.1 Å². The normalized spacial score (nSPS) is 15.4. The number of carbonyl (C=O) groups excluding carboxylic acids is 1. The lowest BCUT2D eigenvalue weighted by atomic mass is 10.2. The van der Waals surface area contributed by atoms with Gasteiger partial charge in [0.15, 0.2) is 23.4 Å². The lowest BCUT2D eigenvalue weighted by Crippen LogP contribution is -2.41. The molecule has 1 atom stereocenters. The minimum absolute atomic E-state index is 0.210. The molecule has 0 aliphatic carbocycles. The second kappa shape index (κ2) is 7.37. The first kappa shape index (κ1) is 17.5. The van der Waals surface area contributed by atoms with E-state index in [-0.39, 0.29) is 17.8 Å². The van der Waals surface area contributed by atoms with Crippen LogP contribution in [0.3, 0.4) is 0 Å². The molecular formula is C21H18ClNO4. The van der Waals surface area contributed by atoms with Crippen molar-refractivity contribution in [1.82, 2.24) is 4.90 Å². The minimum Gasteiger partial charge on any atom is -0.486 e. The van der Waals surface area contributed by atoms with Gasteiger partial charge in [0.2, 0.25) is 0 Å². The Kier molecular flexibility index (Phi) is 4.77. The molecule has 6 heteroatoms. The highest BCUT2D eigenvalue weighted by Gasteiger charge is 2.25. The number of carbonyl (C=O) groups is 1. The topological polar surface area (TPSA) is 51.9 Å². The summed E-state index contributed by atoms with van der Waals surface area (Å²) in [5, 5.41) is 0.651. The third kappa shape index (κ3) is 3.78. The lowest BCUT2D eigenvalue weighted by Gasteiger charge is -2.29. The maximum absolute atomic E-state index is 12.7. The zero-order valence-electron chi connectivity index (χ0n) is 14.7. The summed E-state index contributed by atoms with van der Waals surface area (Å²) < 4.78 is 17.3. The maximum atomic E-state index is 12.7. The van der Waals surface area contributed by atoms with Crippen molar-refractivity contribution in [3.05, 3.63) is 71.4 Å². The molecule has 0 saturated carbocycles. The van der Waals surface area contributed by atoms with Gasteiger partial charge in [-0.1, -0.05) is 23.7 Å². The van der Waals surface area contributed by atoms with E-state index < -0.39 is 0 Å². The second-order valence-corrected chi connectivity index (χ2v) is 6.79. The van der Waals surface area contributed by atoms with Crippen molar-refractivity contribution in [2.45, 2.75) is 6.10 Å². The molecule has 1 amide bonds. The molecule has 138 valence electrons. The highest BCUT2D eigenvalue weighted by atomic mass is 35.5. The van der Waals surface area contributed by atoms with E-state index >= 15 is 0 Å². The fourth-order valence-electron chi connectivity index (χ4n) is 2.95. The SMILES string of the molecule is CN(C[C@@H]1COc2ccccc2O1)C(=O)c1ccc(-c2ccc(Cl)cc2)o1. The number of fused-ring (bicyclic) bond motifs is 1. The number of halogens is 1. The number of likely N-dealkylation sites (N-methyl/N-ethyl adjacent to an activating group) is 1. The van der Waals surface area contributed by atoms with Gasteiger partial charge in [0.05, 0.1) is 6.54 Å². The average Bonchev–Trinajstić information content (AvgIpc) is 3.18. The molecule has 0 fully saturated rings. The molecule has 1 aromatic heterocycles. The molecule has 3 aromatic rings. The highest BCUT2D eigenvalue weighted by molar-refractivity contribution is 6.30. The summed E-state index contributed by atoms with van der Waals surface area (Å²) in [4.78, 5) is 14.3. The van der Waals surface area contributed by atoms with Crippen molar-refractivity contribution in [2.24, 2.45) is 0 Å². The molecule has 27 heavy (non-hydrogen) atoms. The van der Waals surface area contributed by atoms with Crippen molar-refractivity contribution in [2.75, 3.05) is 20.2 Å². The van der Waals surface area contributed by atoms with E-state index in [0.717, 1.165) is 11.3 Å². The van der Waals surface area contributed by atoms with E-state index in [0.29, 0.717) is 29.7 Å². The fourth-order valence-corrected chi connectivity index (χ4v) is 3.08. The number of rotatable bonds is 4. The summed E-state index contributed by atoms with van der Waals surface area (Å²) in [6.07, 6.45) is -0.237. The van der Waals surface area contributed by atoms with E-state index in [1.807, 2.05) is 36.4 Å². The molecule has 4 rings (SSSR count). The Labute approximate surface area is 162 Å². The van der Waals surface area contributed by atoms with E-state index in [9.17, 15) is 4.79 Å². The predicted octanol–water partition coefficient (Wildman–Crippen LogP) is 4.51. The zero-order valence-corrected chi connectivity index (χ0v) is 15.5. The average molecular weight is 384 g/mol. The molecule has 0 radical (unpaired) electrons. The van der Waals surface area contributed by atoms with Gasteiger partial charge in [-0.3, -0.25) is 4.79 Å². The maximum Gasteiger partial charge on any atom is 0.289 e. The van der Waals surface area contributed by atoms with Gasteiger partial charge in [-0.25, -0.2) is 0 Å². The van der Waals surface area contributed by atoms with Crippen molar-refractivity contribution in [3.8, 4) is 22.8 Å². The standard InChI is InChI=1S/C21H18ClNO4/c1-23(12-16-13-25-18-4-2-3-5-19(18)26-16)21(24)20-11-10-17(27-20)14-6-8-15(22)9-7-14/h2-11,16H,12-13H2,1H3/t16-/m1/s1. The van der Waals surface area contributed by atoms with Crippen LogP contribution in [0, 0.1) is 0 Å². The van der Waals surface area contributed by atoms with Crippen LogP contribution >= 0.6 is 11.6 Å². The molecule has 1 aliphatic rings. The number of nitrogens with zero attached hydrogens (tertiary/aromatic N) is 1. The molecule has 1 aliphatic heterocycles. The van der Waals surface area contributed by atoms with Crippen LogP contribution in [0.25, 0.3) is 11.3 Å². The number of furan rings is 1. The summed E-state index contributed by atoms with van der Waals surface area (Å²) in [5.41, 5.74) is 0.863. The van der Waals surface area contributed by atoms with Gasteiger partial charge in [0.25, 0.3) is 5.91 Å². The van der Waals surface area contributed by atoms with Crippen molar-refractivity contribution in [3.63, 3.8) is 0 Å². The first-order chi connectivity index (χ1) is 13.1. The summed E-state index contributed by atoms with van der Waals surface area (Å²) >= 11 is 5.91. The Morgan fingerprint density at radius 3 is 2.59 bits per heavy atom. The molecule has 0 unspecified atom stereocenters. The summed E-state index contributed by atoms with van der Waals surface area (Å²) in [7, 11) is 1.72. The smallest absolute Gasteiger partial charge is 0.289 e. The Balaban J connectivity index is 1.42. The van der Waals surface area contributed by atoms with Crippen molar-refractivity contribution in [1.29, 1.82) is 0 Å². The van der Waals surface area contributed by atoms with E-state index in [2.05, 4.69) is 0 Å². The summed E-state index contributed by atoms with van der Waals surface area (Å²) in [6.45, 7) is 0.785. The largest absolute Gasteiger partial charge is 0.486 e. The Bertz CT molecular complexity index is 951. The van der Waals surface area contributed by atoms with Gasteiger partial charge >= 0.3 is 0 Å². The first-order valence-corrected chi connectivity index (χ1v) is 8.97. The summed E-state index contributed by atoms with van der Waals surface area (Å²) in [6, 6.07) is 18.2. The van der Waals surface area contributed by atoms with E-state index in [1.54, 1.807) is 36.2 Å². The number of benzene rings is 2. The van der Waals surface area contributed by atoms with Crippen LogP contribution in [0.1, 0.15) is 10.6 Å². The number of ether oxygens (including phenoxy) is 2. The molecular weight excluding hydrogens is 366 g/mol. The second-order valence-electron chi connectivity index (χ2n) is 6.35. The molecule has 0 N–H and O–H groups in total. The summed E-state index contributed by atoms with van der Waals surface area (Å²) in [5.74, 6) is 2.10. The molecule has 2 aromatic carbocycles. The van der Waals surface area contributed by atoms with Gasteiger partial charge in [-0.05, 0) is 48.5 Å². The zero-order chi connectivity index (χ0) is 18.8. The van der Waals surface area contributed by atoms with Crippen LogP contribution in [0.5, 0.6) is 11.5 Å². The first-order valence-electron chi connectivity index (χ1n) is 8.60. The Morgan fingerprint density at radius 2 is 1.81 bits per heavy atom. The van der Waals surface area contributed by atoms with Gasteiger partial charge in [0, 0.05) is 17.6 Å². The van der Waals surface area contributed by atoms with Gasteiger partial charge in [-0.15, -0.1) is 0 Å². The minimum atomic E-state index is -0.237. The molecule has 0 spiro atoms. The van der Waals surface area contributed by atoms with Crippen LogP contribution in [0.15, 0.2) is 65.1 Å². The van der Waals surface area contributed by atoms with Crippen LogP contribution in [-0.2, 0) is 0 Å². The van der Waals surface area contributed by atoms with E-state index in [4.69, 9.17) is 25.5 Å². The van der Waals surface area contributed by atoms with Crippen LogP contribution < -0.4 is 9.47 Å². The molecule has 5 nitrogen and oxygen atoms in total. The van der Waals surface area contributed by atoms with Crippen molar-refractivity contribution < 1.29 is 18.7 Å². The van der Waals surface area contributed by atoms with Crippen LogP contribution in [0.4, 0.5) is 0 Å². The number of amides is 1. The fraction of sp³-hybridized carbons (Fsp3) is 0.190. The third-order valence-electron chi connectivity index (χ3n) is 4.34. The monoisotopic (exact) mass is 383 g/mol. The highest BCUT2D eigenvalue weighted by Crippen LogP contribution is 2.31. The number of para-hydroxylation sites is 2. The van der Waals surface area contributed by atoms with Gasteiger partial charge in [-0.2, -0.15) is 0 Å². The Morgan fingerprint density at radius 1 is 1.07 bits per heavy atom. The lowest BCUT2D eigenvalue weighted by molar-refractivity contribution is 0.0502. The quantitative estimate of drug-likeness (QED) is 0.665.